The number of hydrogen-bond donors (Lipinski definition) is 1. The van der Waals surface area contributed by atoms with E-state index >= 15 is 0 Å². The van der Waals surface area contributed by atoms with E-state index in [0.29, 0.717) is 16.9 Å². The van der Waals surface area contributed by atoms with E-state index in [1.54, 1.807) is 36.4 Å². The number of amides is 1. The summed E-state index contributed by atoms with van der Waals surface area (Å²) in [5.41, 5.74) is 4.34. The summed E-state index contributed by atoms with van der Waals surface area (Å²) in [6.07, 6.45) is 1.13. The minimum atomic E-state index is -3.48. The van der Waals surface area contributed by atoms with Crippen LogP contribution in [0, 0.1) is 6.92 Å². The lowest BCUT2D eigenvalue weighted by molar-refractivity contribution is 0.102. The van der Waals surface area contributed by atoms with Crippen molar-refractivity contribution in [2.24, 2.45) is 0 Å². The normalized spacial score (nSPS) is 11.1. The summed E-state index contributed by atoms with van der Waals surface area (Å²) >= 11 is 0. The number of carbonyl (C=O) groups is 1. The maximum Gasteiger partial charge on any atom is 0.255 e. The van der Waals surface area contributed by atoms with Crippen molar-refractivity contribution in [3.63, 3.8) is 0 Å². The van der Waals surface area contributed by atoms with Gasteiger partial charge in [-0.15, -0.1) is 0 Å². The van der Waals surface area contributed by atoms with Crippen molar-refractivity contribution in [3.8, 4) is 11.1 Å². The third-order valence-electron chi connectivity index (χ3n) is 4.57. The standard InChI is InChI=1S/C22H22N2O3S/c1-16-9-7-8-12-19(16)18-13-14-21(24(2)28(3,26)27)20(15-18)23-22(25)17-10-5-4-6-11-17/h4-15H,1-3H3,(H,23,25). The molecule has 28 heavy (non-hydrogen) atoms. The summed E-state index contributed by atoms with van der Waals surface area (Å²) in [5, 5.41) is 2.86. The van der Waals surface area contributed by atoms with Crippen LogP contribution in [0.15, 0.2) is 72.8 Å². The van der Waals surface area contributed by atoms with Crippen molar-refractivity contribution in [3.05, 3.63) is 83.9 Å². The third-order valence-corrected chi connectivity index (χ3v) is 5.77. The van der Waals surface area contributed by atoms with Crippen molar-refractivity contribution in [2.75, 3.05) is 22.9 Å². The van der Waals surface area contributed by atoms with Crippen molar-refractivity contribution < 1.29 is 13.2 Å². The van der Waals surface area contributed by atoms with Crippen LogP contribution in [0.1, 0.15) is 15.9 Å². The van der Waals surface area contributed by atoms with E-state index in [0.717, 1.165) is 27.3 Å². The van der Waals surface area contributed by atoms with Crippen LogP contribution in [0.4, 0.5) is 11.4 Å². The van der Waals surface area contributed by atoms with Gasteiger partial charge in [-0.05, 0) is 47.9 Å². The lowest BCUT2D eigenvalue weighted by Gasteiger charge is -2.22. The van der Waals surface area contributed by atoms with Crippen molar-refractivity contribution in [1.29, 1.82) is 0 Å². The monoisotopic (exact) mass is 394 g/mol. The van der Waals surface area contributed by atoms with Crippen LogP contribution in [0.2, 0.25) is 0 Å². The van der Waals surface area contributed by atoms with E-state index in [1.807, 2.05) is 43.3 Å². The summed E-state index contributed by atoms with van der Waals surface area (Å²) < 4.78 is 25.3. The molecule has 0 spiro atoms. The molecule has 0 aromatic heterocycles. The van der Waals surface area contributed by atoms with E-state index in [9.17, 15) is 13.2 Å². The summed E-state index contributed by atoms with van der Waals surface area (Å²) in [6.45, 7) is 2.01. The van der Waals surface area contributed by atoms with Crippen LogP contribution >= 0.6 is 0 Å². The molecule has 1 N–H and O–H groups in total. The first kappa shape index (κ1) is 19.6. The second kappa shape index (κ2) is 7.86. The van der Waals surface area contributed by atoms with Gasteiger partial charge in [0, 0.05) is 12.6 Å². The first-order chi connectivity index (χ1) is 13.3. The molecule has 0 fully saturated rings. The van der Waals surface area contributed by atoms with Crippen molar-refractivity contribution in [1.82, 2.24) is 0 Å². The Labute approximate surface area is 165 Å². The van der Waals surface area contributed by atoms with E-state index in [4.69, 9.17) is 0 Å². The molecule has 144 valence electrons. The Hall–Kier alpha value is -3.12. The first-order valence-electron chi connectivity index (χ1n) is 8.78. The predicted octanol–water partition coefficient (Wildman–Crippen LogP) is 4.31. The lowest BCUT2D eigenvalue weighted by Crippen LogP contribution is -2.26. The van der Waals surface area contributed by atoms with Gasteiger partial charge in [0.1, 0.15) is 0 Å². The molecule has 0 atom stereocenters. The molecule has 5 nitrogen and oxygen atoms in total. The minimum Gasteiger partial charge on any atom is -0.320 e. The number of carbonyl (C=O) groups excluding carboxylic acids is 1. The van der Waals surface area contributed by atoms with Gasteiger partial charge in [-0.3, -0.25) is 9.10 Å². The lowest BCUT2D eigenvalue weighted by atomic mass is 9.99. The Morgan fingerprint density at radius 1 is 0.929 bits per heavy atom. The van der Waals surface area contributed by atoms with Gasteiger partial charge in [0.05, 0.1) is 17.6 Å². The van der Waals surface area contributed by atoms with E-state index < -0.39 is 10.0 Å². The molecule has 0 bridgehead atoms. The number of anilines is 2. The number of benzene rings is 3. The molecule has 0 aliphatic carbocycles. The molecule has 3 aromatic rings. The fourth-order valence-corrected chi connectivity index (χ4v) is 3.45. The molecule has 6 heteroatoms. The van der Waals surface area contributed by atoms with Crippen LogP contribution in [0.25, 0.3) is 11.1 Å². The number of aryl methyl sites for hydroxylation is 1. The molecule has 0 aliphatic heterocycles. The smallest absolute Gasteiger partial charge is 0.255 e. The van der Waals surface area contributed by atoms with Gasteiger partial charge < -0.3 is 5.32 Å². The molecular weight excluding hydrogens is 372 g/mol. The van der Waals surface area contributed by atoms with Gasteiger partial charge in [-0.25, -0.2) is 8.42 Å². The average molecular weight is 394 g/mol. The quantitative estimate of drug-likeness (QED) is 0.701. The molecule has 0 saturated heterocycles. The fraction of sp³-hybridized carbons (Fsp3) is 0.136. The highest BCUT2D eigenvalue weighted by Crippen LogP contribution is 2.33. The second-order valence-corrected chi connectivity index (χ2v) is 8.61. The Morgan fingerprint density at radius 3 is 2.21 bits per heavy atom. The van der Waals surface area contributed by atoms with Crippen molar-refractivity contribution in [2.45, 2.75) is 6.92 Å². The van der Waals surface area contributed by atoms with Gasteiger partial charge >= 0.3 is 0 Å². The van der Waals surface area contributed by atoms with Gasteiger partial charge in [0.15, 0.2) is 0 Å². The molecule has 0 saturated carbocycles. The maximum atomic E-state index is 12.7. The van der Waals surface area contributed by atoms with E-state index in [-0.39, 0.29) is 5.91 Å². The molecule has 0 radical (unpaired) electrons. The summed E-state index contributed by atoms with van der Waals surface area (Å²) in [7, 11) is -2.01. The van der Waals surface area contributed by atoms with Gasteiger partial charge in [0.2, 0.25) is 10.0 Å². The number of hydrogen-bond acceptors (Lipinski definition) is 3. The first-order valence-corrected chi connectivity index (χ1v) is 10.6. The average Bonchev–Trinajstić information content (AvgIpc) is 2.68. The van der Waals surface area contributed by atoms with Crippen LogP contribution in [0.5, 0.6) is 0 Å². The number of sulfonamides is 1. The summed E-state index contributed by atoms with van der Waals surface area (Å²) in [4.78, 5) is 12.7. The van der Waals surface area contributed by atoms with Crippen LogP contribution in [-0.4, -0.2) is 27.6 Å². The van der Waals surface area contributed by atoms with E-state index in [2.05, 4.69) is 5.32 Å². The molecular formula is C22H22N2O3S. The van der Waals surface area contributed by atoms with E-state index in [1.165, 1.54) is 7.05 Å². The maximum absolute atomic E-state index is 12.7. The van der Waals surface area contributed by atoms with Crippen LogP contribution in [0.3, 0.4) is 0 Å². The predicted molar refractivity (Wildman–Crippen MR) is 114 cm³/mol. The molecule has 0 heterocycles. The molecule has 3 aromatic carbocycles. The zero-order chi connectivity index (χ0) is 20.3. The highest BCUT2D eigenvalue weighted by molar-refractivity contribution is 7.92. The number of nitrogens with zero attached hydrogens (tertiary/aromatic N) is 1. The zero-order valence-electron chi connectivity index (χ0n) is 16.0. The Balaban J connectivity index is 2.08. The van der Waals surface area contributed by atoms with Crippen LogP contribution in [-0.2, 0) is 10.0 Å². The molecule has 0 aliphatic rings. The van der Waals surface area contributed by atoms with Crippen molar-refractivity contribution >= 4 is 27.3 Å². The Morgan fingerprint density at radius 2 is 1.57 bits per heavy atom. The molecule has 0 unspecified atom stereocenters. The largest absolute Gasteiger partial charge is 0.320 e. The topological polar surface area (TPSA) is 66.5 Å². The highest BCUT2D eigenvalue weighted by Gasteiger charge is 2.19. The number of nitrogens with one attached hydrogen (secondary N) is 1. The minimum absolute atomic E-state index is 0.300. The van der Waals surface area contributed by atoms with Gasteiger partial charge in [-0.1, -0.05) is 48.5 Å². The summed E-state index contributed by atoms with van der Waals surface area (Å²) in [5.74, 6) is -0.300. The van der Waals surface area contributed by atoms with Crippen LogP contribution < -0.4 is 9.62 Å². The fourth-order valence-electron chi connectivity index (χ4n) is 2.94. The Bertz CT molecular complexity index is 1110. The second-order valence-electron chi connectivity index (χ2n) is 6.60. The van der Waals surface area contributed by atoms with Gasteiger partial charge in [0.25, 0.3) is 5.91 Å². The highest BCUT2D eigenvalue weighted by atomic mass is 32.2. The SMILES string of the molecule is Cc1ccccc1-c1ccc(N(C)S(C)(=O)=O)c(NC(=O)c2ccccc2)c1. The number of rotatable bonds is 5. The van der Waals surface area contributed by atoms with Gasteiger partial charge in [-0.2, -0.15) is 0 Å². The zero-order valence-corrected chi connectivity index (χ0v) is 16.8. The molecule has 1 amide bonds. The third kappa shape index (κ3) is 4.23. The molecule has 3 rings (SSSR count). The Kier molecular flexibility index (Phi) is 5.51. The summed E-state index contributed by atoms with van der Waals surface area (Å²) in [6, 6.07) is 22.1.